The van der Waals surface area contributed by atoms with Gasteiger partial charge in [-0.1, -0.05) is 88.4 Å². The summed E-state index contributed by atoms with van der Waals surface area (Å²) in [6.07, 6.45) is 3.22. The number of oxime groups is 1. The molecular weight excluding hydrogens is 370 g/mol. The summed E-state index contributed by atoms with van der Waals surface area (Å²) >= 11 is 6.67. The summed E-state index contributed by atoms with van der Waals surface area (Å²) in [4.78, 5) is 0. The van der Waals surface area contributed by atoms with Crippen LogP contribution in [0.1, 0.15) is 47.0 Å². The molecule has 0 unspecified atom stereocenters. The van der Waals surface area contributed by atoms with E-state index in [1.807, 2.05) is 0 Å². The molecule has 27 heavy (non-hydrogen) atoms. The summed E-state index contributed by atoms with van der Waals surface area (Å²) in [7, 11) is -2.63. The fraction of sp³-hybridized carbons (Fsp3) is 0.435. The van der Waals surface area contributed by atoms with Crippen molar-refractivity contribution in [1.82, 2.24) is 0 Å². The number of hydrogen-bond donors (Lipinski definition) is 0. The molecule has 0 saturated heterocycles. The number of halogens is 1. The molecule has 3 rings (SSSR count). The summed E-state index contributed by atoms with van der Waals surface area (Å²) in [6, 6.07) is 21.2. The van der Waals surface area contributed by atoms with Gasteiger partial charge in [-0.15, -0.1) is 16.8 Å². The van der Waals surface area contributed by atoms with Gasteiger partial charge in [0, 0.05) is 5.04 Å². The van der Waals surface area contributed by atoms with Crippen LogP contribution >= 0.6 is 11.6 Å². The zero-order valence-electron chi connectivity index (χ0n) is 16.8. The van der Waals surface area contributed by atoms with Gasteiger partial charge in [0.25, 0.3) is 0 Å². The summed E-state index contributed by atoms with van der Waals surface area (Å²) in [5.41, 5.74) is 1.00. The Morgan fingerprint density at radius 3 is 1.96 bits per heavy atom. The maximum absolute atomic E-state index is 6.67. The zero-order chi connectivity index (χ0) is 19.5. The largest absolute Gasteiger partial charge is 0.443 e. The number of rotatable bonds is 4. The van der Waals surface area contributed by atoms with Gasteiger partial charge < -0.3 is 4.53 Å². The van der Waals surface area contributed by atoms with Crippen molar-refractivity contribution < 1.29 is 4.53 Å². The lowest BCUT2D eigenvalue weighted by atomic mass is 9.89. The molecule has 1 fully saturated rings. The van der Waals surface area contributed by atoms with E-state index < -0.39 is 8.32 Å². The van der Waals surface area contributed by atoms with E-state index in [0.717, 1.165) is 25.0 Å². The normalized spacial score (nSPS) is 22.6. The number of benzene rings is 2. The molecule has 0 heterocycles. The molecule has 1 saturated carbocycles. The lowest BCUT2D eigenvalue weighted by Gasteiger charge is -2.40. The van der Waals surface area contributed by atoms with Crippen molar-refractivity contribution in [3.8, 4) is 0 Å². The Labute approximate surface area is 169 Å². The molecule has 0 spiro atoms. The van der Waals surface area contributed by atoms with Gasteiger partial charge in [0.15, 0.2) is 0 Å². The van der Waals surface area contributed by atoms with Crippen LogP contribution in [0.3, 0.4) is 0 Å². The number of hydrogen-bond acceptors (Lipinski definition) is 2. The first-order valence-corrected chi connectivity index (χ1v) is 12.2. The average Bonchev–Trinajstić information content (AvgIpc) is 2.66. The van der Waals surface area contributed by atoms with Crippen LogP contribution in [-0.2, 0) is 4.53 Å². The molecule has 2 aromatic rings. The van der Waals surface area contributed by atoms with Gasteiger partial charge >= 0.3 is 8.32 Å². The standard InChI is InChI=1S/C23H30ClNOSi/c1-18-12-11-17-21(22(18)24)25-26-27(23(2,3)4,19-13-7-5-8-14-19)20-15-9-6-10-16-20/h5-10,13-16,18,22H,11-12,17H2,1-4H3/b25-21-/t18-,22-/m1/s1. The first kappa shape index (κ1) is 20.2. The lowest BCUT2D eigenvalue weighted by Crippen LogP contribution is -2.66. The van der Waals surface area contributed by atoms with E-state index >= 15 is 0 Å². The Bertz CT molecular complexity index is 730. The highest BCUT2D eigenvalue weighted by Crippen LogP contribution is 2.37. The quantitative estimate of drug-likeness (QED) is 0.386. The first-order chi connectivity index (χ1) is 12.9. The molecule has 144 valence electrons. The van der Waals surface area contributed by atoms with E-state index in [2.05, 4.69) is 88.4 Å². The van der Waals surface area contributed by atoms with E-state index in [1.165, 1.54) is 10.4 Å². The molecule has 1 aliphatic carbocycles. The number of alkyl halides is 1. The molecule has 0 radical (unpaired) electrons. The van der Waals surface area contributed by atoms with Crippen LogP contribution in [0.2, 0.25) is 5.04 Å². The fourth-order valence-corrected chi connectivity index (χ4v) is 8.46. The van der Waals surface area contributed by atoms with E-state index in [1.54, 1.807) is 0 Å². The minimum absolute atomic E-state index is 0.0306. The Kier molecular flexibility index (Phi) is 6.12. The van der Waals surface area contributed by atoms with E-state index in [9.17, 15) is 0 Å². The van der Waals surface area contributed by atoms with Crippen LogP contribution in [0.5, 0.6) is 0 Å². The molecule has 0 N–H and O–H groups in total. The van der Waals surface area contributed by atoms with Crippen LogP contribution in [0.4, 0.5) is 0 Å². The summed E-state index contributed by atoms with van der Waals surface area (Å²) in [6.45, 7) is 9.00. The van der Waals surface area contributed by atoms with Crippen LogP contribution in [0.25, 0.3) is 0 Å². The molecular formula is C23H30ClNOSi. The second-order valence-electron chi connectivity index (χ2n) is 8.61. The zero-order valence-corrected chi connectivity index (χ0v) is 18.5. The van der Waals surface area contributed by atoms with Crippen LogP contribution in [0, 0.1) is 5.92 Å². The molecule has 0 amide bonds. The average molecular weight is 400 g/mol. The summed E-state index contributed by atoms with van der Waals surface area (Å²) < 4.78 is 6.67. The second kappa shape index (κ2) is 8.20. The second-order valence-corrected chi connectivity index (χ2v) is 13.3. The van der Waals surface area contributed by atoms with Crippen molar-refractivity contribution in [3.05, 3.63) is 60.7 Å². The van der Waals surface area contributed by atoms with Crippen molar-refractivity contribution >= 4 is 36.0 Å². The summed E-state index contributed by atoms with van der Waals surface area (Å²) in [5.74, 6) is 0.446. The maximum atomic E-state index is 6.67. The monoisotopic (exact) mass is 399 g/mol. The molecule has 2 nitrogen and oxygen atoms in total. The highest BCUT2D eigenvalue weighted by atomic mass is 35.5. The van der Waals surface area contributed by atoms with E-state index in [-0.39, 0.29) is 10.4 Å². The maximum Gasteiger partial charge on any atom is 0.354 e. The Balaban J connectivity index is 2.12. The number of nitrogens with zero attached hydrogens (tertiary/aromatic N) is 1. The van der Waals surface area contributed by atoms with Gasteiger partial charge in [0.1, 0.15) is 0 Å². The van der Waals surface area contributed by atoms with Crippen LogP contribution < -0.4 is 10.4 Å². The Morgan fingerprint density at radius 1 is 0.963 bits per heavy atom. The smallest absolute Gasteiger partial charge is 0.354 e. The van der Waals surface area contributed by atoms with Crippen molar-refractivity contribution in [3.63, 3.8) is 0 Å². The molecule has 0 aliphatic heterocycles. The minimum atomic E-state index is -2.63. The van der Waals surface area contributed by atoms with Gasteiger partial charge in [0.2, 0.25) is 0 Å². The molecule has 1 aliphatic rings. The van der Waals surface area contributed by atoms with E-state index in [4.69, 9.17) is 21.3 Å². The van der Waals surface area contributed by atoms with Gasteiger partial charge in [-0.3, -0.25) is 0 Å². The van der Waals surface area contributed by atoms with Crippen LogP contribution in [-0.4, -0.2) is 19.4 Å². The molecule has 4 heteroatoms. The van der Waals surface area contributed by atoms with Gasteiger partial charge in [0.05, 0.1) is 11.1 Å². The third kappa shape index (κ3) is 4.00. The Hall–Kier alpha value is -1.58. The molecule has 2 atom stereocenters. The highest BCUT2D eigenvalue weighted by molar-refractivity contribution is 6.99. The van der Waals surface area contributed by atoms with Crippen molar-refractivity contribution in [2.75, 3.05) is 0 Å². The van der Waals surface area contributed by atoms with Crippen molar-refractivity contribution in [1.29, 1.82) is 0 Å². The fourth-order valence-electron chi connectivity index (χ4n) is 4.06. The van der Waals surface area contributed by atoms with Gasteiger partial charge in [-0.05, 0) is 35.6 Å². The van der Waals surface area contributed by atoms with Crippen LogP contribution in [0.15, 0.2) is 65.8 Å². The van der Waals surface area contributed by atoms with Crippen molar-refractivity contribution in [2.24, 2.45) is 11.1 Å². The third-order valence-corrected chi connectivity index (χ3v) is 11.1. The predicted molar refractivity (Wildman–Crippen MR) is 119 cm³/mol. The van der Waals surface area contributed by atoms with Crippen molar-refractivity contribution in [2.45, 2.75) is 57.4 Å². The minimum Gasteiger partial charge on any atom is -0.443 e. The first-order valence-electron chi connectivity index (χ1n) is 9.86. The molecule has 2 aromatic carbocycles. The van der Waals surface area contributed by atoms with Gasteiger partial charge in [-0.25, -0.2) is 0 Å². The summed E-state index contributed by atoms with van der Waals surface area (Å²) in [5, 5.41) is 7.12. The molecule has 0 aromatic heterocycles. The topological polar surface area (TPSA) is 21.6 Å². The Morgan fingerprint density at radius 2 is 1.48 bits per heavy atom. The lowest BCUT2D eigenvalue weighted by molar-refractivity contribution is 0.312. The highest BCUT2D eigenvalue weighted by Gasteiger charge is 2.53. The SMILES string of the molecule is C[C@@H]1CCC/C(=N/O[Si](c2ccccc2)(c2ccccc2)C(C)(C)C)[C@@H]1Cl. The third-order valence-electron chi connectivity index (χ3n) is 5.63. The molecule has 0 bridgehead atoms. The van der Waals surface area contributed by atoms with E-state index in [0.29, 0.717) is 5.92 Å². The van der Waals surface area contributed by atoms with Gasteiger partial charge in [-0.2, -0.15) is 0 Å². The predicted octanol–water partition coefficient (Wildman–Crippen LogP) is 5.35.